The molecule has 3 aromatic rings. The molecule has 0 aliphatic heterocycles. The largest absolute Gasteiger partial charge is 0.493 e. The number of pyridine rings is 1. The molecule has 0 saturated carbocycles. The predicted molar refractivity (Wildman–Crippen MR) is 99.0 cm³/mol. The van der Waals surface area contributed by atoms with Crippen LogP contribution in [0.15, 0.2) is 48.7 Å². The van der Waals surface area contributed by atoms with E-state index in [1.54, 1.807) is 57.8 Å². The van der Waals surface area contributed by atoms with Gasteiger partial charge in [-0.05, 0) is 30.3 Å². The zero-order valence-electron chi connectivity index (χ0n) is 14.1. The van der Waals surface area contributed by atoms with Crippen LogP contribution in [-0.4, -0.2) is 32.2 Å². The Morgan fingerprint density at radius 3 is 2.56 bits per heavy atom. The van der Waals surface area contributed by atoms with E-state index in [4.69, 9.17) is 21.1 Å². The van der Waals surface area contributed by atoms with Crippen LogP contribution in [0, 0.1) is 0 Å². The molecule has 0 radical (unpaired) electrons. The molecule has 0 saturated heterocycles. The van der Waals surface area contributed by atoms with Crippen molar-refractivity contribution in [2.75, 3.05) is 26.2 Å². The number of hydrogen-bond acceptors (Lipinski definition) is 4. The van der Waals surface area contributed by atoms with E-state index in [1.807, 2.05) is 12.1 Å². The summed E-state index contributed by atoms with van der Waals surface area (Å²) >= 11 is 6.17. The lowest BCUT2D eigenvalue weighted by molar-refractivity contribution is 0.0994. The van der Waals surface area contributed by atoms with Gasteiger partial charge < -0.3 is 14.4 Å². The molecule has 0 unspecified atom stereocenters. The van der Waals surface area contributed by atoms with Crippen LogP contribution in [0.4, 0.5) is 5.69 Å². The summed E-state index contributed by atoms with van der Waals surface area (Å²) in [4.78, 5) is 18.9. The summed E-state index contributed by atoms with van der Waals surface area (Å²) in [6.45, 7) is 0. The van der Waals surface area contributed by atoms with Crippen LogP contribution in [0.5, 0.6) is 11.5 Å². The van der Waals surface area contributed by atoms with Crippen molar-refractivity contribution < 1.29 is 14.3 Å². The molecule has 2 aromatic carbocycles. The normalized spacial score (nSPS) is 10.6. The molecule has 0 N–H and O–H groups in total. The monoisotopic (exact) mass is 356 g/mol. The fourth-order valence-electron chi connectivity index (χ4n) is 2.65. The Morgan fingerprint density at radius 2 is 1.84 bits per heavy atom. The van der Waals surface area contributed by atoms with Crippen molar-refractivity contribution in [2.24, 2.45) is 0 Å². The maximum Gasteiger partial charge on any atom is 0.260 e. The number of fused-ring (bicyclic) bond motifs is 1. The third-order valence-electron chi connectivity index (χ3n) is 3.96. The van der Waals surface area contributed by atoms with Gasteiger partial charge in [0, 0.05) is 35.4 Å². The molecule has 0 aliphatic rings. The standard InChI is InChI=1S/C19H17ClN2O3/c1-22(14-6-7-16(24-2)17(11-14)25-3)19(23)15-10-13(20)9-12-5-4-8-21-18(12)15/h4-11H,1-3H3. The van der Waals surface area contributed by atoms with Crippen LogP contribution < -0.4 is 14.4 Å². The minimum atomic E-state index is -0.210. The minimum absolute atomic E-state index is 0.210. The zero-order chi connectivity index (χ0) is 18.0. The molecule has 3 rings (SSSR count). The van der Waals surface area contributed by atoms with Gasteiger partial charge in [-0.2, -0.15) is 0 Å². The van der Waals surface area contributed by atoms with E-state index >= 15 is 0 Å². The van der Waals surface area contributed by atoms with E-state index in [2.05, 4.69) is 4.98 Å². The molecule has 0 atom stereocenters. The Morgan fingerprint density at radius 1 is 1.08 bits per heavy atom. The van der Waals surface area contributed by atoms with Crippen molar-refractivity contribution in [1.82, 2.24) is 4.98 Å². The number of nitrogens with zero attached hydrogens (tertiary/aromatic N) is 2. The Hall–Kier alpha value is -2.79. The fraction of sp³-hybridized carbons (Fsp3) is 0.158. The summed E-state index contributed by atoms with van der Waals surface area (Å²) in [5.74, 6) is 0.939. The molecule has 1 aromatic heterocycles. The average Bonchev–Trinajstić information content (AvgIpc) is 2.65. The molecule has 6 heteroatoms. The zero-order valence-corrected chi connectivity index (χ0v) is 14.9. The summed E-state index contributed by atoms with van der Waals surface area (Å²) in [7, 11) is 4.81. The molecular formula is C19H17ClN2O3. The van der Waals surface area contributed by atoms with Crippen LogP contribution in [0.2, 0.25) is 5.02 Å². The van der Waals surface area contributed by atoms with Gasteiger partial charge in [0.15, 0.2) is 11.5 Å². The summed E-state index contributed by atoms with van der Waals surface area (Å²) in [6.07, 6.45) is 1.66. The first-order valence-electron chi connectivity index (χ1n) is 7.59. The number of carbonyl (C=O) groups excluding carboxylic acids is 1. The molecular weight excluding hydrogens is 340 g/mol. The second-order valence-corrected chi connectivity index (χ2v) is 5.87. The van der Waals surface area contributed by atoms with Crippen LogP contribution in [0.3, 0.4) is 0 Å². The minimum Gasteiger partial charge on any atom is -0.493 e. The van der Waals surface area contributed by atoms with Gasteiger partial charge in [0.1, 0.15) is 0 Å². The molecule has 25 heavy (non-hydrogen) atoms. The lowest BCUT2D eigenvalue weighted by Crippen LogP contribution is -2.26. The summed E-state index contributed by atoms with van der Waals surface area (Å²) in [5, 5.41) is 1.31. The van der Waals surface area contributed by atoms with Crippen LogP contribution >= 0.6 is 11.6 Å². The van der Waals surface area contributed by atoms with Crippen LogP contribution in [-0.2, 0) is 0 Å². The first-order valence-corrected chi connectivity index (χ1v) is 7.97. The summed E-state index contributed by atoms with van der Waals surface area (Å²) < 4.78 is 10.5. The molecule has 1 heterocycles. The summed E-state index contributed by atoms with van der Waals surface area (Å²) in [5.41, 5.74) is 1.73. The van der Waals surface area contributed by atoms with Gasteiger partial charge in [-0.25, -0.2) is 0 Å². The highest BCUT2D eigenvalue weighted by Gasteiger charge is 2.19. The number of amides is 1. The highest BCUT2D eigenvalue weighted by molar-refractivity contribution is 6.32. The number of hydrogen-bond donors (Lipinski definition) is 0. The smallest absolute Gasteiger partial charge is 0.260 e. The Labute approximate surface area is 150 Å². The Bertz CT molecular complexity index is 943. The number of anilines is 1. The number of rotatable bonds is 4. The molecule has 0 bridgehead atoms. The number of benzene rings is 2. The molecule has 128 valence electrons. The first-order chi connectivity index (χ1) is 12.0. The predicted octanol–water partition coefficient (Wildman–Crippen LogP) is 4.18. The van der Waals surface area contributed by atoms with Crippen molar-refractivity contribution in [3.8, 4) is 11.5 Å². The number of aromatic nitrogens is 1. The topological polar surface area (TPSA) is 51.7 Å². The lowest BCUT2D eigenvalue weighted by atomic mass is 10.1. The van der Waals surface area contributed by atoms with Gasteiger partial charge in [0.25, 0.3) is 5.91 Å². The maximum atomic E-state index is 13.0. The van der Waals surface area contributed by atoms with E-state index in [0.717, 1.165) is 5.39 Å². The number of methoxy groups -OCH3 is 2. The van der Waals surface area contributed by atoms with Gasteiger partial charge >= 0.3 is 0 Å². The van der Waals surface area contributed by atoms with Crippen molar-refractivity contribution in [3.63, 3.8) is 0 Å². The first kappa shape index (κ1) is 17.0. The Kier molecular flexibility index (Phi) is 4.76. The average molecular weight is 357 g/mol. The van der Waals surface area contributed by atoms with E-state index in [-0.39, 0.29) is 5.91 Å². The van der Waals surface area contributed by atoms with Gasteiger partial charge in [-0.15, -0.1) is 0 Å². The molecule has 5 nitrogen and oxygen atoms in total. The van der Waals surface area contributed by atoms with Gasteiger partial charge in [-0.3, -0.25) is 9.78 Å². The number of halogens is 1. The maximum absolute atomic E-state index is 13.0. The van der Waals surface area contributed by atoms with E-state index in [1.165, 1.54) is 4.90 Å². The van der Waals surface area contributed by atoms with Gasteiger partial charge in [-0.1, -0.05) is 17.7 Å². The fourth-order valence-corrected chi connectivity index (χ4v) is 2.88. The SMILES string of the molecule is COc1ccc(N(C)C(=O)c2cc(Cl)cc3cccnc23)cc1OC. The highest BCUT2D eigenvalue weighted by atomic mass is 35.5. The van der Waals surface area contributed by atoms with Crippen molar-refractivity contribution >= 4 is 34.1 Å². The van der Waals surface area contributed by atoms with Crippen LogP contribution in [0.25, 0.3) is 10.9 Å². The quantitative estimate of drug-likeness (QED) is 0.703. The third-order valence-corrected chi connectivity index (χ3v) is 4.18. The van der Waals surface area contributed by atoms with E-state index < -0.39 is 0 Å². The molecule has 1 amide bonds. The molecule has 0 aliphatic carbocycles. The van der Waals surface area contributed by atoms with E-state index in [9.17, 15) is 4.79 Å². The molecule has 0 fully saturated rings. The second kappa shape index (κ2) is 6.99. The van der Waals surface area contributed by atoms with Crippen molar-refractivity contribution in [3.05, 3.63) is 59.2 Å². The van der Waals surface area contributed by atoms with Crippen molar-refractivity contribution in [1.29, 1.82) is 0 Å². The number of carbonyl (C=O) groups is 1. The lowest BCUT2D eigenvalue weighted by Gasteiger charge is -2.20. The highest BCUT2D eigenvalue weighted by Crippen LogP contribution is 2.32. The third kappa shape index (κ3) is 3.23. The Balaban J connectivity index is 2.04. The van der Waals surface area contributed by atoms with E-state index in [0.29, 0.717) is 33.3 Å². The van der Waals surface area contributed by atoms with Gasteiger partial charge in [0.05, 0.1) is 25.3 Å². The van der Waals surface area contributed by atoms with Crippen LogP contribution in [0.1, 0.15) is 10.4 Å². The second-order valence-electron chi connectivity index (χ2n) is 5.43. The summed E-state index contributed by atoms with van der Waals surface area (Å²) in [6, 6.07) is 12.4. The number of ether oxygens (including phenoxy) is 2. The van der Waals surface area contributed by atoms with Crippen molar-refractivity contribution in [2.45, 2.75) is 0 Å². The van der Waals surface area contributed by atoms with Gasteiger partial charge in [0.2, 0.25) is 0 Å². The molecule has 0 spiro atoms.